The Hall–Kier alpha value is -1.92. The van der Waals surface area contributed by atoms with E-state index in [-0.39, 0.29) is 5.91 Å². The predicted octanol–water partition coefficient (Wildman–Crippen LogP) is 4.24. The maximum atomic E-state index is 11.8. The average molecular weight is 438 g/mol. The highest BCUT2D eigenvalue weighted by Gasteiger charge is 2.30. The van der Waals surface area contributed by atoms with Gasteiger partial charge in [-0.05, 0) is 69.3 Å². The predicted molar refractivity (Wildman–Crippen MR) is 128 cm³/mol. The van der Waals surface area contributed by atoms with E-state index in [1.807, 2.05) is 6.20 Å². The number of rotatable bonds is 6. The second kappa shape index (κ2) is 9.92. The summed E-state index contributed by atoms with van der Waals surface area (Å²) in [5.74, 6) is 0.0361. The highest BCUT2D eigenvalue weighted by atomic mass is 16.1. The van der Waals surface area contributed by atoms with E-state index in [1.54, 1.807) is 6.92 Å². The molecular formula is C26H39N5O. The van der Waals surface area contributed by atoms with Gasteiger partial charge in [-0.3, -0.25) is 9.69 Å². The van der Waals surface area contributed by atoms with E-state index in [0.717, 1.165) is 18.2 Å². The Morgan fingerprint density at radius 2 is 1.75 bits per heavy atom. The Morgan fingerprint density at radius 3 is 2.47 bits per heavy atom. The molecule has 1 N–H and O–H groups in total. The van der Waals surface area contributed by atoms with Crippen LogP contribution in [-0.4, -0.2) is 57.5 Å². The number of hydrogen-bond acceptors (Lipinski definition) is 4. The van der Waals surface area contributed by atoms with Crippen LogP contribution in [0.25, 0.3) is 11.0 Å². The lowest BCUT2D eigenvalue weighted by atomic mass is 9.92. The van der Waals surface area contributed by atoms with Gasteiger partial charge in [0, 0.05) is 55.9 Å². The fourth-order valence-electron chi connectivity index (χ4n) is 6.34. The number of hydrogen-bond donors (Lipinski definition) is 1. The summed E-state index contributed by atoms with van der Waals surface area (Å²) < 4.78 is 2.51. The Balaban J connectivity index is 1.44. The molecule has 0 atom stereocenters. The summed E-state index contributed by atoms with van der Waals surface area (Å²) in [6.45, 7) is 7.89. The van der Waals surface area contributed by atoms with E-state index < -0.39 is 0 Å². The fraction of sp³-hybridized carbons (Fsp3) is 0.692. The van der Waals surface area contributed by atoms with Gasteiger partial charge in [0.1, 0.15) is 5.65 Å². The van der Waals surface area contributed by atoms with Gasteiger partial charge in [0.25, 0.3) is 0 Å². The number of nitrogens with zero attached hydrogens (tertiary/aromatic N) is 4. The molecule has 3 aliphatic rings. The first-order valence-corrected chi connectivity index (χ1v) is 12.9. The summed E-state index contributed by atoms with van der Waals surface area (Å²) in [5, 5.41) is 4.38. The van der Waals surface area contributed by atoms with Crippen LogP contribution in [0.3, 0.4) is 0 Å². The highest BCUT2D eigenvalue weighted by Crippen LogP contribution is 2.35. The second-order valence-corrected chi connectivity index (χ2v) is 10.1. The van der Waals surface area contributed by atoms with Gasteiger partial charge in [-0.2, -0.15) is 0 Å². The zero-order valence-electron chi connectivity index (χ0n) is 19.7. The molecule has 2 saturated heterocycles. The van der Waals surface area contributed by atoms with E-state index in [0.29, 0.717) is 12.6 Å². The molecule has 3 fully saturated rings. The Kier molecular flexibility index (Phi) is 6.79. The van der Waals surface area contributed by atoms with Gasteiger partial charge >= 0.3 is 0 Å². The zero-order valence-corrected chi connectivity index (χ0v) is 19.7. The van der Waals surface area contributed by atoms with Crippen molar-refractivity contribution >= 4 is 16.9 Å². The lowest BCUT2D eigenvalue weighted by Crippen LogP contribution is -2.43. The maximum Gasteiger partial charge on any atom is 0.217 e. The number of piperidine rings is 1. The quantitative estimate of drug-likeness (QED) is 0.735. The number of carbonyl (C=O) groups excluding carboxylic acids is 1. The Morgan fingerprint density at radius 1 is 1.00 bits per heavy atom. The molecule has 2 aliphatic heterocycles. The molecule has 0 aromatic carbocycles. The first-order valence-electron chi connectivity index (χ1n) is 12.9. The summed E-state index contributed by atoms with van der Waals surface area (Å²) in [6, 6.07) is 5.56. The van der Waals surface area contributed by atoms with E-state index in [1.165, 1.54) is 101 Å². The van der Waals surface area contributed by atoms with Crippen LogP contribution in [0.5, 0.6) is 0 Å². The van der Waals surface area contributed by atoms with E-state index in [9.17, 15) is 4.79 Å². The normalized spacial score (nSPS) is 22.0. The number of nitrogens with one attached hydrogen (secondary N) is 1. The van der Waals surface area contributed by atoms with Crippen LogP contribution in [-0.2, 0) is 17.9 Å². The molecule has 174 valence electrons. The number of carbonyl (C=O) groups is 1. The van der Waals surface area contributed by atoms with Gasteiger partial charge in [-0.1, -0.05) is 19.3 Å². The van der Waals surface area contributed by atoms with Crippen LogP contribution in [0.1, 0.15) is 82.0 Å². The fourth-order valence-corrected chi connectivity index (χ4v) is 6.34. The highest BCUT2D eigenvalue weighted by molar-refractivity contribution is 5.83. The molecule has 2 aromatic heterocycles. The Labute approximate surface area is 192 Å². The molecule has 5 rings (SSSR count). The van der Waals surface area contributed by atoms with Crippen molar-refractivity contribution in [3.8, 4) is 0 Å². The van der Waals surface area contributed by atoms with Gasteiger partial charge in [-0.25, -0.2) is 4.98 Å². The zero-order chi connectivity index (χ0) is 21.9. The van der Waals surface area contributed by atoms with Crippen molar-refractivity contribution in [2.75, 3.05) is 26.2 Å². The van der Waals surface area contributed by atoms with Crippen LogP contribution in [0.4, 0.5) is 0 Å². The molecule has 0 unspecified atom stereocenters. The summed E-state index contributed by atoms with van der Waals surface area (Å²) in [6.07, 6.45) is 13.8. The Bertz CT molecular complexity index is 918. The molecule has 0 radical (unpaired) electrons. The van der Waals surface area contributed by atoms with Crippen molar-refractivity contribution in [1.29, 1.82) is 0 Å². The van der Waals surface area contributed by atoms with Crippen molar-refractivity contribution in [2.45, 2.75) is 89.9 Å². The van der Waals surface area contributed by atoms with Crippen molar-refractivity contribution in [1.82, 2.24) is 24.7 Å². The summed E-state index contributed by atoms with van der Waals surface area (Å²) in [4.78, 5) is 22.0. The molecule has 0 bridgehead atoms. The van der Waals surface area contributed by atoms with E-state index in [4.69, 9.17) is 4.98 Å². The van der Waals surface area contributed by atoms with Gasteiger partial charge in [-0.15, -0.1) is 0 Å². The van der Waals surface area contributed by atoms with Crippen LogP contribution >= 0.6 is 0 Å². The molecule has 1 saturated carbocycles. The average Bonchev–Trinajstić information content (AvgIpc) is 3.45. The molecular weight excluding hydrogens is 398 g/mol. The monoisotopic (exact) mass is 437 g/mol. The minimum absolute atomic E-state index is 0.0361. The van der Waals surface area contributed by atoms with E-state index in [2.05, 4.69) is 31.8 Å². The molecule has 6 heteroatoms. The summed E-state index contributed by atoms with van der Waals surface area (Å²) >= 11 is 0. The first kappa shape index (κ1) is 21.9. The van der Waals surface area contributed by atoms with Crippen LogP contribution in [0.15, 0.2) is 18.3 Å². The standard InChI is InChI=1S/C26H39N5O/c1-20(32)28-18-25-24(19-29-14-5-6-15-29)23-10-7-13-27-26(23)31(25)22-11-16-30(17-12-22)21-8-3-2-4-9-21/h7,10,13,21-22H,2-6,8-9,11-12,14-19H2,1H3,(H,28,32). The SMILES string of the molecule is CC(=O)NCc1c(CN2CCCC2)c2cccnc2n1C1CCN(C2CCCCC2)CC1. The van der Waals surface area contributed by atoms with Crippen molar-refractivity contribution in [3.05, 3.63) is 29.6 Å². The molecule has 6 nitrogen and oxygen atoms in total. The van der Waals surface area contributed by atoms with E-state index >= 15 is 0 Å². The molecule has 0 spiro atoms. The lowest BCUT2D eigenvalue weighted by molar-refractivity contribution is -0.119. The molecule has 32 heavy (non-hydrogen) atoms. The van der Waals surface area contributed by atoms with Crippen LogP contribution in [0.2, 0.25) is 0 Å². The molecule has 4 heterocycles. The first-order chi connectivity index (χ1) is 15.7. The summed E-state index contributed by atoms with van der Waals surface area (Å²) in [7, 11) is 0. The third-order valence-electron chi connectivity index (χ3n) is 8.02. The molecule has 2 aromatic rings. The minimum atomic E-state index is 0.0361. The van der Waals surface area contributed by atoms with Gasteiger partial charge in [0.15, 0.2) is 0 Å². The maximum absolute atomic E-state index is 11.8. The number of aromatic nitrogens is 2. The minimum Gasteiger partial charge on any atom is -0.351 e. The third-order valence-corrected chi connectivity index (χ3v) is 8.02. The molecule has 1 aliphatic carbocycles. The number of amides is 1. The second-order valence-electron chi connectivity index (χ2n) is 10.1. The van der Waals surface area contributed by atoms with Crippen molar-refractivity contribution in [2.24, 2.45) is 0 Å². The van der Waals surface area contributed by atoms with Gasteiger partial charge in [0.2, 0.25) is 5.91 Å². The van der Waals surface area contributed by atoms with Crippen LogP contribution in [0, 0.1) is 0 Å². The number of likely N-dealkylation sites (tertiary alicyclic amines) is 2. The summed E-state index contributed by atoms with van der Waals surface area (Å²) in [5.41, 5.74) is 3.76. The van der Waals surface area contributed by atoms with Gasteiger partial charge < -0.3 is 14.8 Å². The smallest absolute Gasteiger partial charge is 0.217 e. The lowest BCUT2D eigenvalue weighted by Gasteiger charge is -2.40. The third kappa shape index (κ3) is 4.58. The van der Waals surface area contributed by atoms with Crippen molar-refractivity contribution < 1.29 is 4.79 Å². The number of fused-ring (bicyclic) bond motifs is 1. The van der Waals surface area contributed by atoms with Gasteiger partial charge in [0.05, 0.1) is 6.54 Å². The van der Waals surface area contributed by atoms with Crippen molar-refractivity contribution in [3.63, 3.8) is 0 Å². The number of pyridine rings is 1. The van der Waals surface area contributed by atoms with Crippen LogP contribution < -0.4 is 5.32 Å². The topological polar surface area (TPSA) is 53.4 Å². The largest absolute Gasteiger partial charge is 0.351 e. The molecule has 1 amide bonds.